The van der Waals surface area contributed by atoms with Gasteiger partial charge in [-0.2, -0.15) is 11.8 Å². The van der Waals surface area contributed by atoms with E-state index < -0.39 is 0 Å². The highest BCUT2D eigenvalue weighted by Crippen LogP contribution is 2.25. The van der Waals surface area contributed by atoms with E-state index in [1.807, 2.05) is 11.8 Å². The molecule has 0 aromatic rings. The summed E-state index contributed by atoms with van der Waals surface area (Å²) in [6, 6.07) is 0.481. The fourth-order valence-electron chi connectivity index (χ4n) is 2.43. The molecule has 0 amide bonds. The van der Waals surface area contributed by atoms with Crippen LogP contribution in [0.5, 0.6) is 0 Å². The number of aliphatic hydroxyl groups excluding tert-OH is 1. The van der Waals surface area contributed by atoms with Crippen molar-refractivity contribution in [3.8, 4) is 0 Å². The maximum absolute atomic E-state index is 9.87. The van der Waals surface area contributed by atoms with Crippen molar-refractivity contribution in [1.29, 1.82) is 0 Å². The van der Waals surface area contributed by atoms with Crippen LogP contribution in [-0.2, 0) is 0 Å². The van der Waals surface area contributed by atoms with Crippen molar-refractivity contribution in [1.82, 2.24) is 4.90 Å². The van der Waals surface area contributed by atoms with Crippen LogP contribution in [0.3, 0.4) is 0 Å². The number of hydrogen-bond acceptors (Lipinski definition) is 3. The lowest BCUT2D eigenvalue weighted by Crippen LogP contribution is -2.48. The standard InChI is InChI=1S/C10H19NOS/c12-10-4-2-1-3-9(10)11-5-7-13-8-6-11/h9-10,12H,1-8H2/t9-,10-/m1/s1. The maximum Gasteiger partial charge on any atom is 0.0695 e. The zero-order chi connectivity index (χ0) is 9.10. The molecule has 0 radical (unpaired) electrons. The van der Waals surface area contributed by atoms with Crippen LogP contribution in [0.15, 0.2) is 0 Å². The summed E-state index contributed by atoms with van der Waals surface area (Å²) in [5.74, 6) is 2.51. The summed E-state index contributed by atoms with van der Waals surface area (Å²) >= 11 is 2.04. The van der Waals surface area contributed by atoms with Gasteiger partial charge in [-0.05, 0) is 12.8 Å². The van der Waals surface area contributed by atoms with E-state index in [2.05, 4.69) is 4.90 Å². The van der Waals surface area contributed by atoms with E-state index in [9.17, 15) is 5.11 Å². The van der Waals surface area contributed by atoms with Crippen LogP contribution in [0.2, 0.25) is 0 Å². The van der Waals surface area contributed by atoms with Gasteiger partial charge in [-0.3, -0.25) is 4.90 Å². The molecule has 1 saturated heterocycles. The summed E-state index contributed by atoms with van der Waals surface area (Å²) in [4.78, 5) is 2.50. The van der Waals surface area contributed by atoms with Crippen molar-refractivity contribution in [3.05, 3.63) is 0 Å². The Morgan fingerprint density at radius 3 is 2.46 bits per heavy atom. The zero-order valence-corrected chi connectivity index (χ0v) is 8.93. The van der Waals surface area contributed by atoms with Crippen LogP contribution >= 0.6 is 11.8 Å². The Labute approximate surface area is 84.7 Å². The Morgan fingerprint density at radius 2 is 1.77 bits per heavy atom. The lowest BCUT2D eigenvalue weighted by atomic mass is 9.91. The molecule has 0 aromatic heterocycles. The first-order valence-corrected chi connectivity index (χ1v) is 6.53. The molecule has 2 fully saturated rings. The van der Waals surface area contributed by atoms with E-state index in [0.717, 1.165) is 6.42 Å². The number of rotatable bonds is 1. The molecule has 13 heavy (non-hydrogen) atoms. The van der Waals surface area contributed by atoms with Gasteiger partial charge in [0.05, 0.1) is 6.10 Å². The summed E-state index contributed by atoms with van der Waals surface area (Å²) in [6.45, 7) is 2.37. The second-order valence-electron chi connectivity index (χ2n) is 4.07. The van der Waals surface area contributed by atoms with Crippen LogP contribution in [0.4, 0.5) is 0 Å². The Kier molecular flexibility index (Phi) is 3.52. The van der Waals surface area contributed by atoms with E-state index in [0.29, 0.717) is 6.04 Å². The highest BCUT2D eigenvalue weighted by Gasteiger charge is 2.29. The van der Waals surface area contributed by atoms with Crippen LogP contribution in [0, 0.1) is 0 Å². The van der Waals surface area contributed by atoms with E-state index in [1.165, 1.54) is 43.9 Å². The van der Waals surface area contributed by atoms with Crippen molar-refractivity contribution in [2.75, 3.05) is 24.6 Å². The van der Waals surface area contributed by atoms with Gasteiger partial charge in [0, 0.05) is 30.6 Å². The third-order valence-electron chi connectivity index (χ3n) is 3.21. The molecule has 0 bridgehead atoms. The Morgan fingerprint density at radius 1 is 1.08 bits per heavy atom. The molecule has 0 aromatic carbocycles. The normalized spacial score (nSPS) is 37.6. The Hall–Kier alpha value is 0.270. The highest BCUT2D eigenvalue weighted by atomic mass is 32.2. The molecule has 1 saturated carbocycles. The fraction of sp³-hybridized carbons (Fsp3) is 1.00. The molecule has 1 N–H and O–H groups in total. The lowest BCUT2D eigenvalue weighted by Gasteiger charge is -2.39. The molecule has 76 valence electrons. The van der Waals surface area contributed by atoms with Crippen molar-refractivity contribution in [2.45, 2.75) is 37.8 Å². The molecule has 2 aliphatic rings. The number of thioether (sulfide) groups is 1. The minimum Gasteiger partial charge on any atom is -0.391 e. The van der Waals surface area contributed by atoms with Gasteiger partial charge in [0.1, 0.15) is 0 Å². The minimum absolute atomic E-state index is 0.0446. The average molecular weight is 201 g/mol. The van der Waals surface area contributed by atoms with Crippen molar-refractivity contribution < 1.29 is 5.11 Å². The predicted octanol–water partition coefficient (Wildman–Crippen LogP) is 1.34. The Balaban J connectivity index is 1.88. The Bertz CT molecular complexity index is 159. The van der Waals surface area contributed by atoms with Crippen molar-refractivity contribution in [3.63, 3.8) is 0 Å². The number of hydrogen-bond donors (Lipinski definition) is 1. The van der Waals surface area contributed by atoms with Gasteiger partial charge in [-0.25, -0.2) is 0 Å². The van der Waals surface area contributed by atoms with Gasteiger partial charge >= 0.3 is 0 Å². The molecule has 1 aliphatic carbocycles. The molecule has 2 atom stereocenters. The van der Waals surface area contributed by atoms with E-state index in [4.69, 9.17) is 0 Å². The largest absolute Gasteiger partial charge is 0.391 e. The van der Waals surface area contributed by atoms with Crippen molar-refractivity contribution >= 4 is 11.8 Å². The summed E-state index contributed by atoms with van der Waals surface area (Å²) < 4.78 is 0. The third-order valence-corrected chi connectivity index (χ3v) is 4.15. The SMILES string of the molecule is O[C@@H]1CCCC[C@H]1N1CCSCC1. The van der Waals surface area contributed by atoms with Crippen LogP contribution < -0.4 is 0 Å². The highest BCUT2D eigenvalue weighted by molar-refractivity contribution is 7.99. The molecule has 3 heteroatoms. The molecule has 1 heterocycles. The molecule has 2 rings (SSSR count). The topological polar surface area (TPSA) is 23.5 Å². The average Bonchev–Trinajstić information content (AvgIpc) is 2.20. The van der Waals surface area contributed by atoms with Gasteiger partial charge in [-0.1, -0.05) is 12.8 Å². The fourth-order valence-corrected chi connectivity index (χ4v) is 3.36. The van der Waals surface area contributed by atoms with Gasteiger partial charge in [0.25, 0.3) is 0 Å². The summed E-state index contributed by atoms with van der Waals surface area (Å²) in [5.41, 5.74) is 0. The summed E-state index contributed by atoms with van der Waals surface area (Å²) in [5, 5.41) is 9.87. The van der Waals surface area contributed by atoms with E-state index in [1.54, 1.807) is 0 Å². The predicted molar refractivity (Wildman–Crippen MR) is 57.2 cm³/mol. The quantitative estimate of drug-likeness (QED) is 0.692. The summed E-state index contributed by atoms with van der Waals surface area (Å²) in [6.07, 6.45) is 4.73. The van der Waals surface area contributed by atoms with Crippen LogP contribution in [0.1, 0.15) is 25.7 Å². The zero-order valence-electron chi connectivity index (χ0n) is 8.11. The molecule has 2 nitrogen and oxygen atoms in total. The molecular formula is C10H19NOS. The molecule has 1 aliphatic heterocycles. The summed E-state index contributed by atoms with van der Waals surface area (Å²) in [7, 11) is 0. The van der Waals surface area contributed by atoms with Crippen molar-refractivity contribution in [2.24, 2.45) is 0 Å². The first kappa shape index (κ1) is 9.81. The number of aliphatic hydroxyl groups is 1. The lowest BCUT2D eigenvalue weighted by molar-refractivity contribution is 0.0245. The minimum atomic E-state index is -0.0446. The van der Waals surface area contributed by atoms with Crippen LogP contribution in [-0.4, -0.2) is 46.7 Å². The van der Waals surface area contributed by atoms with E-state index >= 15 is 0 Å². The van der Waals surface area contributed by atoms with Gasteiger partial charge < -0.3 is 5.11 Å². The van der Waals surface area contributed by atoms with Crippen LogP contribution in [0.25, 0.3) is 0 Å². The number of nitrogens with zero attached hydrogens (tertiary/aromatic N) is 1. The third kappa shape index (κ3) is 2.39. The first-order valence-electron chi connectivity index (χ1n) is 5.38. The molecular weight excluding hydrogens is 182 g/mol. The smallest absolute Gasteiger partial charge is 0.0695 e. The second kappa shape index (κ2) is 4.67. The second-order valence-corrected chi connectivity index (χ2v) is 5.29. The first-order chi connectivity index (χ1) is 6.38. The van der Waals surface area contributed by atoms with Gasteiger partial charge in [-0.15, -0.1) is 0 Å². The maximum atomic E-state index is 9.87. The van der Waals surface area contributed by atoms with Gasteiger partial charge in [0.2, 0.25) is 0 Å². The molecule has 0 unspecified atom stereocenters. The van der Waals surface area contributed by atoms with Gasteiger partial charge in [0.15, 0.2) is 0 Å². The molecule has 0 spiro atoms. The van der Waals surface area contributed by atoms with E-state index in [-0.39, 0.29) is 6.10 Å². The monoisotopic (exact) mass is 201 g/mol.